The molecule has 1 heterocycles. The number of benzene rings is 1. The van der Waals surface area contributed by atoms with Gasteiger partial charge in [-0.1, -0.05) is 0 Å². The molecule has 1 N–H and O–H groups in total. The summed E-state index contributed by atoms with van der Waals surface area (Å²) in [6.45, 7) is 3.48. The first-order chi connectivity index (χ1) is 13.4. The number of ketones is 1. The first kappa shape index (κ1) is 21.4. The lowest BCUT2D eigenvalue weighted by atomic mass is 10.2. The van der Waals surface area contributed by atoms with Gasteiger partial charge in [0.05, 0.1) is 31.6 Å². The summed E-state index contributed by atoms with van der Waals surface area (Å²) in [4.78, 5) is 36.6. The van der Waals surface area contributed by atoms with E-state index in [-0.39, 0.29) is 24.7 Å². The Labute approximate surface area is 167 Å². The smallest absolute Gasteiger partial charge is 0.309 e. The van der Waals surface area contributed by atoms with E-state index in [1.54, 1.807) is 43.5 Å². The molecule has 2 aromatic rings. The molecule has 0 bridgehead atoms. The Hall–Kier alpha value is -2.87. The quantitative estimate of drug-likeness (QED) is 0.483. The molecule has 0 spiro atoms. The molecule has 1 unspecified atom stereocenters. The number of ether oxygens (including phenoxy) is 3. The molecular formula is C20H23NO6S. The highest BCUT2D eigenvalue weighted by Gasteiger charge is 2.21. The van der Waals surface area contributed by atoms with Crippen LogP contribution in [0, 0.1) is 0 Å². The number of thiophene rings is 1. The van der Waals surface area contributed by atoms with Crippen LogP contribution in [0.15, 0.2) is 36.4 Å². The Morgan fingerprint density at radius 2 is 1.75 bits per heavy atom. The fourth-order valence-electron chi connectivity index (χ4n) is 2.25. The maximum Gasteiger partial charge on any atom is 0.309 e. The zero-order chi connectivity index (χ0) is 20.5. The summed E-state index contributed by atoms with van der Waals surface area (Å²) in [7, 11) is 1.58. The molecule has 8 heteroatoms. The molecule has 1 atom stereocenters. The lowest BCUT2D eigenvalue weighted by Gasteiger charge is -2.12. The third-order valence-corrected chi connectivity index (χ3v) is 4.83. The second-order valence-electron chi connectivity index (χ2n) is 5.95. The third-order valence-electron chi connectivity index (χ3n) is 3.73. The second kappa shape index (κ2) is 10.5. The van der Waals surface area contributed by atoms with Gasteiger partial charge in [-0.2, -0.15) is 0 Å². The molecular weight excluding hydrogens is 382 g/mol. The van der Waals surface area contributed by atoms with Crippen molar-refractivity contribution in [3.8, 4) is 11.5 Å². The van der Waals surface area contributed by atoms with E-state index in [9.17, 15) is 14.4 Å². The minimum Gasteiger partial charge on any atom is -0.497 e. The Bertz CT molecular complexity index is 814. The lowest BCUT2D eigenvalue weighted by Crippen LogP contribution is -2.24. The van der Waals surface area contributed by atoms with E-state index in [1.807, 2.05) is 0 Å². The molecule has 7 nitrogen and oxygen atoms in total. The van der Waals surface area contributed by atoms with Crippen molar-refractivity contribution in [3.63, 3.8) is 0 Å². The molecule has 0 aliphatic carbocycles. The van der Waals surface area contributed by atoms with Crippen LogP contribution in [0.25, 0.3) is 0 Å². The number of hydrogen-bond acceptors (Lipinski definition) is 7. The zero-order valence-electron chi connectivity index (χ0n) is 16.0. The molecule has 2 rings (SSSR count). The lowest BCUT2D eigenvalue weighted by molar-refractivity contribution is -0.146. The number of rotatable bonds is 10. The summed E-state index contributed by atoms with van der Waals surface area (Å²) in [5, 5.41) is 2.67. The minimum absolute atomic E-state index is 0.0296. The average molecular weight is 405 g/mol. The van der Waals surface area contributed by atoms with Crippen LogP contribution in [-0.4, -0.2) is 37.5 Å². The van der Waals surface area contributed by atoms with Gasteiger partial charge in [-0.3, -0.25) is 14.4 Å². The summed E-state index contributed by atoms with van der Waals surface area (Å²) in [6, 6.07) is 10.4. The van der Waals surface area contributed by atoms with Crippen LogP contribution in [0.1, 0.15) is 34.8 Å². The predicted molar refractivity (Wildman–Crippen MR) is 105 cm³/mol. The highest BCUT2D eigenvalue weighted by molar-refractivity contribution is 7.14. The summed E-state index contributed by atoms with van der Waals surface area (Å²) >= 11 is 1.27. The van der Waals surface area contributed by atoms with Crippen molar-refractivity contribution in [2.75, 3.05) is 13.7 Å². The first-order valence-corrected chi connectivity index (χ1v) is 9.54. The third kappa shape index (κ3) is 6.70. The van der Waals surface area contributed by atoms with Gasteiger partial charge >= 0.3 is 5.97 Å². The van der Waals surface area contributed by atoms with Crippen molar-refractivity contribution in [1.82, 2.24) is 5.32 Å². The van der Waals surface area contributed by atoms with Gasteiger partial charge in [0.15, 0.2) is 6.10 Å². The van der Waals surface area contributed by atoms with E-state index in [4.69, 9.17) is 14.2 Å². The minimum atomic E-state index is -0.888. The molecule has 0 aliphatic rings. The molecule has 0 radical (unpaired) electrons. The van der Waals surface area contributed by atoms with Gasteiger partial charge in [-0.05, 0) is 43.3 Å². The fourth-order valence-corrected chi connectivity index (χ4v) is 3.22. The van der Waals surface area contributed by atoms with Crippen LogP contribution < -0.4 is 14.8 Å². The first-order valence-electron chi connectivity index (χ1n) is 8.72. The van der Waals surface area contributed by atoms with Crippen molar-refractivity contribution in [2.24, 2.45) is 0 Å². The number of amides is 1. The summed E-state index contributed by atoms with van der Waals surface area (Å²) in [6.07, 6.45) is -0.859. The normalized spacial score (nSPS) is 11.4. The van der Waals surface area contributed by atoms with E-state index in [2.05, 4.69) is 5.32 Å². The van der Waals surface area contributed by atoms with Crippen molar-refractivity contribution >= 4 is 29.0 Å². The standard InChI is InChI=1S/C20H23NO6S/c1-13(20(24)18-9-8-17(28-18)12-21-14(2)22)27-19(23)10-11-26-16-6-4-15(25-3)5-7-16/h4-9,13H,10-12H2,1-3H3,(H,21,22). The van der Waals surface area contributed by atoms with Crippen molar-refractivity contribution < 1.29 is 28.6 Å². The summed E-state index contributed by atoms with van der Waals surface area (Å²) in [5.74, 6) is 0.407. The maximum atomic E-state index is 12.4. The Balaban J connectivity index is 1.76. The average Bonchev–Trinajstić information content (AvgIpc) is 3.15. The number of methoxy groups -OCH3 is 1. The Morgan fingerprint density at radius 1 is 1.07 bits per heavy atom. The molecule has 1 aromatic carbocycles. The number of hydrogen-bond donors (Lipinski definition) is 1. The van der Waals surface area contributed by atoms with Crippen molar-refractivity contribution in [3.05, 3.63) is 46.2 Å². The van der Waals surface area contributed by atoms with Gasteiger partial charge in [-0.15, -0.1) is 11.3 Å². The van der Waals surface area contributed by atoms with Gasteiger partial charge in [0, 0.05) is 11.8 Å². The van der Waals surface area contributed by atoms with Gasteiger partial charge < -0.3 is 19.5 Å². The SMILES string of the molecule is COc1ccc(OCCC(=O)OC(C)C(=O)c2ccc(CNC(C)=O)s2)cc1. The molecule has 0 aliphatic heterocycles. The van der Waals surface area contributed by atoms with Crippen LogP contribution in [0.2, 0.25) is 0 Å². The largest absolute Gasteiger partial charge is 0.497 e. The van der Waals surface area contributed by atoms with Crippen LogP contribution in [0.3, 0.4) is 0 Å². The van der Waals surface area contributed by atoms with Crippen LogP contribution in [0.5, 0.6) is 11.5 Å². The maximum absolute atomic E-state index is 12.4. The number of Topliss-reactive ketones (excluding diaryl/α,β-unsaturated/α-hetero) is 1. The van der Waals surface area contributed by atoms with E-state index in [0.717, 1.165) is 4.88 Å². The molecule has 150 valence electrons. The zero-order valence-corrected chi connectivity index (χ0v) is 16.8. The van der Waals surface area contributed by atoms with E-state index in [0.29, 0.717) is 22.9 Å². The summed E-state index contributed by atoms with van der Waals surface area (Å²) in [5.41, 5.74) is 0. The Kier molecular flexibility index (Phi) is 8.01. The van der Waals surface area contributed by atoms with Crippen molar-refractivity contribution in [2.45, 2.75) is 32.9 Å². The molecule has 1 aromatic heterocycles. The van der Waals surface area contributed by atoms with E-state index in [1.165, 1.54) is 25.2 Å². The van der Waals surface area contributed by atoms with E-state index < -0.39 is 12.1 Å². The predicted octanol–water partition coefficient (Wildman–Crippen LogP) is 2.98. The molecule has 28 heavy (non-hydrogen) atoms. The highest BCUT2D eigenvalue weighted by atomic mass is 32.1. The molecule has 1 amide bonds. The molecule has 0 saturated heterocycles. The number of carbonyl (C=O) groups is 3. The summed E-state index contributed by atoms with van der Waals surface area (Å²) < 4.78 is 15.7. The Morgan fingerprint density at radius 3 is 2.39 bits per heavy atom. The van der Waals surface area contributed by atoms with Gasteiger partial charge in [0.2, 0.25) is 11.7 Å². The highest BCUT2D eigenvalue weighted by Crippen LogP contribution is 2.20. The molecule has 0 fully saturated rings. The van der Waals surface area contributed by atoms with Gasteiger partial charge in [0.1, 0.15) is 11.5 Å². The second-order valence-corrected chi connectivity index (χ2v) is 7.11. The number of carbonyl (C=O) groups excluding carboxylic acids is 3. The van der Waals surface area contributed by atoms with Gasteiger partial charge in [0.25, 0.3) is 0 Å². The van der Waals surface area contributed by atoms with Crippen LogP contribution in [-0.2, 0) is 20.9 Å². The fraction of sp³-hybridized carbons (Fsp3) is 0.350. The van der Waals surface area contributed by atoms with Crippen molar-refractivity contribution in [1.29, 1.82) is 0 Å². The number of nitrogens with one attached hydrogen (secondary N) is 1. The van der Waals surface area contributed by atoms with Crippen LogP contribution in [0.4, 0.5) is 0 Å². The van der Waals surface area contributed by atoms with Crippen LogP contribution >= 0.6 is 11.3 Å². The molecule has 0 saturated carbocycles. The monoisotopic (exact) mass is 405 g/mol. The van der Waals surface area contributed by atoms with Gasteiger partial charge in [-0.25, -0.2) is 0 Å². The van der Waals surface area contributed by atoms with E-state index >= 15 is 0 Å². The number of esters is 1. The topological polar surface area (TPSA) is 90.9 Å².